The van der Waals surface area contributed by atoms with Gasteiger partial charge in [0.05, 0.1) is 5.41 Å². The summed E-state index contributed by atoms with van der Waals surface area (Å²) >= 11 is 0. The number of aliphatic carboxylic acids is 1. The van der Waals surface area contributed by atoms with E-state index in [-0.39, 0.29) is 30.9 Å². The van der Waals surface area contributed by atoms with Gasteiger partial charge in [-0.15, -0.1) is 0 Å². The average Bonchev–Trinajstić information content (AvgIpc) is 3.52. The lowest BCUT2D eigenvalue weighted by Crippen LogP contribution is -2.59. The van der Waals surface area contributed by atoms with Crippen molar-refractivity contribution in [2.45, 2.75) is 51.0 Å². The molecule has 2 amide bonds. The predicted octanol–water partition coefficient (Wildman–Crippen LogP) is 4.41. The Morgan fingerprint density at radius 2 is 1.60 bits per heavy atom. The van der Waals surface area contributed by atoms with Crippen LogP contribution in [-0.4, -0.2) is 53.2 Å². The van der Waals surface area contributed by atoms with E-state index < -0.39 is 23.0 Å². The van der Waals surface area contributed by atoms with Crippen LogP contribution in [0.3, 0.4) is 0 Å². The van der Waals surface area contributed by atoms with Crippen LogP contribution in [0.4, 0.5) is 4.79 Å². The molecule has 7 nitrogen and oxygen atoms in total. The quantitative estimate of drug-likeness (QED) is 0.589. The second-order valence-corrected chi connectivity index (χ2v) is 10.2. The van der Waals surface area contributed by atoms with Crippen molar-refractivity contribution in [3.63, 3.8) is 0 Å². The lowest BCUT2D eigenvalue weighted by molar-refractivity contribution is -0.162. The van der Waals surface area contributed by atoms with E-state index in [2.05, 4.69) is 29.6 Å². The molecule has 2 bridgehead atoms. The molecule has 184 valence electrons. The number of carboxylic acid groups (broad SMARTS) is 1. The number of carbonyl (C=O) groups excluding carboxylic acids is 2. The van der Waals surface area contributed by atoms with Gasteiger partial charge in [0.25, 0.3) is 0 Å². The van der Waals surface area contributed by atoms with Crippen molar-refractivity contribution >= 4 is 18.0 Å². The molecule has 2 aromatic carbocycles. The van der Waals surface area contributed by atoms with Crippen LogP contribution in [0, 0.1) is 11.3 Å². The number of alkyl carbamates (subject to hydrolysis) is 1. The van der Waals surface area contributed by atoms with Gasteiger partial charge in [0.2, 0.25) is 5.91 Å². The first-order valence-corrected chi connectivity index (χ1v) is 12.5. The summed E-state index contributed by atoms with van der Waals surface area (Å²) in [5.74, 6) is -0.880. The molecule has 35 heavy (non-hydrogen) atoms. The van der Waals surface area contributed by atoms with Gasteiger partial charge in [0.1, 0.15) is 12.1 Å². The molecule has 2 aliphatic heterocycles. The fourth-order valence-electron chi connectivity index (χ4n) is 6.30. The molecular weight excluding hydrogens is 444 g/mol. The Balaban J connectivity index is 1.25. The Kier molecular flexibility index (Phi) is 5.82. The molecule has 2 N–H and O–H groups in total. The number of benzene rings is 2. The molecule has 1 saturated carbocycles. The van der Waals surface area contributed by atoms with Gasteiger partial charge < -0.3 is 20.1 Å². The van der Waals surface area contributed by atoms with Crippen LogP contribution in [-0.2, 0) is 14.3 Å². The second kappa shape index (κ2) is 8.70. The largest absolute Gasteiger partial charge is 0.479 e. The maximum Gasteiger partial charge on any atom is 0.407 e. The summed E-state index contributed by atoms with van der Waals surface area (Å²) in [6.07, 6.45) is 1.49. The van der Waals surface area contributed by atoms with E-state index in [1.54, 1.807) is 4.90 Å². The topological polar surface area (TPSA) is 95.9 Å². The van der Waals surface area contributed by atoms with Crippen LogP contribution in [0.2, 0.25) is 0 Å². The summed E-state index contributed by atoms with van der Waals surface area (Å²) < 4.78 is 5.65. The number of fused-ring (bicyclic) bond motifs is 4. The molecule has 0 unspecified atom stereocenters. The minimum Gasteiger partial charge on any atom is -0.479 e. The maximum absolute atomic E-state index is 13.6. The summed E-state index contributed by atoms with van der Waals surface area (Å²) in [5, 5.41) is 12.6. The number of nitrogens with one attached hydrogen (secondary N) is 1. The summed E-state index contributed by atoms with van der Waals surface area (Å²) in [7, 11) is 0. The highest BCUT2D eigenvalue weighted by atomic mass is 16.5. The summed E-state index contributed by atoms with van der Waals surface area (Å²) in [6.45, 7) is 4.63. The summed E-state index contributed by atoms with van der Waals surface area (Å²) in [5.41, 5.74) is 2.68. The van der Waals surface area contributed by atoms with Gasteiger partial charge in [-0.2, -0.15) is 0 Å². The number of hydrogen-bond donors (Lipinski definition) is 2. The highest BCUT2D eigenvalue weighted by molar-refractivity contribution is 5.92. The summed E-state index contributed by atoms with van der Waals surface area (Å²) in [6, 6.07) is 16.3. The Bertz CT molecular complexity index is 1120. The molecule has 2 aromatic rings. The van der Waals surface area contributed by atoms with Crippen molar-refractivity contribution in [1.29, 1.82) is 0 Å². The highest BCUT2D eigenvalue weighted by Gasteiger charge is 2.64. The molecule has 0 spiro atoms. The van der Waals surface area contributed by atoms with Gasteiger partial charge >= 0.3 is 12.1 Å². The van der Waals surface area contributed by atoms with Gasteiger partial charge in [-0.25, -0.2) is 9.59 Å². The number of nitrogens with zero attached hydrogens (tertiary/aromatic N) is 1. The SMILES string of the molecule is CCC(CC)(CNC(=O)OCC1c2ccccc2-c2ccccc21)C(=O)N1CC2CC1(C(=O)O)C2. The Morgan fingerprint density at radius 3 is 2.14 bits per heavy atom. The third kappa shape index (κ3) is 3.60. The van der Waals surface area contributed by atoms with Crippen molar-refractivity contribution in [1.82, 2.24) is 10.2 Å². The maximum atomic E-state index is 13.6. The second-order valence-electron chi connectivity index (χ2n) is 10.2. The van der Waals surface area contributed by atoms with E-state index in [9.17, 15) is 19.5 Å². The van der Waals surface area contributed by atoms with E-state index in [1.807, 2.05) is 38.1 Å². The van der Waals surface area contributed by atoms with Gasteiger partial charge in [-0.3, -0.25) is 4.79 Å². The van der Waals surface area contributed by atoms with E-state index in [0.717, 1.165) is 22.3 Å². The zero-order valence-corrected chi connectivity index (χ0v) is 20.3. The van der Waals surface area contributed by atoms with Crippen molar-refractivity contribution in [3.8, 4) is 11.1 Å². The molecule has 3 fully saturated rings. The first kappa shape index (κ1) is 23.4. The molecule has 2 saturated heterocycles. The lowest BCUT2D eigenvalue weighted by atomic mass is 9.72. The number of carboxylic acids is 1. The fraction of sp³-hybridized carbons (Fsp3) is 0.464. The number of amides is 2. The monoisotopic (exact) mass is 476 g/mol. The Labute approximate surface area is 205 Å². The van der Waals surface area contributed by atoms with Crippen molar-refractivity contribution < 1.29 is 24.2 Å². The number of carbonyl (C=O) groups is 3. The van der Waals surface area contributed by atoms with Crippen LogP contribution in [0.5, 0.6) is 0 Å². The third-order valence-corrected chi connectivity index (χ3v) is 8.58. The highest BCUT2D eigenvalue weighted by Crippen LogP contribution is 2.52. The van der Waals surface area contributed by atoms with Crippen LogP contribution in [0.15, 0.2) is 48.5 Å². The standard InChI is InChI=1S/C28H32N2O5/c1-3-27(4-2,24(31)30-15-18-13-28(30,14-18)25(32)33)17-29-26(34)35-16-23-21-11-7-5-9-19(21)20-10-6-8-12-22(20)23/h5-12,18,23H,3-4,13-17H2,1-2H3,(H,29,34)(H,32,33). The molecule has 6 rings (SSSR count). The zero-order chi connectivity index (χ0) is 24.8. The normalized spacial score (nSPS) is 22.2. The number of ether oxygens (including phenoxy) is 1. The Hall–Kier alpha value is -3.35. The van der Waals surface area contributed by atoms with E-state index in [0.29, 0.717) is 32.2 Å². The van der Waals surface area contributed by atoms with Crippen molar-refractivity contribution in [2.24, 2.45) is 11.3 Å². The first-order chi connectivity index (χ1) is 16.8. The Morgan fingerprint density at radius 1 is 1.03 bits per heavy atom. The zero-order valence-electron chi connectivity index (χ0n) is 20.3. The van der Waals surface area contributed by atoms with Gasteiger partial charge in [0.15, 0.2) is 0 Å². The van der Waals surface area contributed by atoms with E-state index in [1.165, 1.54) is 0 Å². The predicted molar refractivity (Wildman–Crippen MR) is 131 cm³/mol. The molecule has 7 heteroatoms. The van der Waals surface area contributed by atoms with Gasteiger partial charge in [-0.1, -0.05) is 62.4 Å². The minimum atomic E-state index is -1.07. The van der Waals surface area contributed by atoms with Crippen LogP contribution < -0.4 is 5.32 Å². The lowest BCUT2D eigenvalue weighted by Gasteiger charge is -2.42. The van der Waals surface area contributed by atoms with E-state index >= 15 is 0 Å². The van der Waals surface area contributed by atoms with Crippen LogP contribution in [0.25, 0.3) is 11.1 Å². The number of hydrogen-bond acceptors (Lipinski definition) is 4. The molecule has 2 aliphatic carbocycles. The molecule has 0 radical (unpaired) electrons. The smallest absolute Gasteiger partial charge is 0.407 e. The average molecular weight is 477 g/mol. The van der Waals surface area contributed by atoms with Crippen LogP contribution >= 0.6 is 0 Å². The third-order valence-electron chi connectivity index (χ3n) is 8.58. The first-order valence-electron chi connectivity index (χ1n) is 12.5. The van der Waals surface area contributed by atoms with Crippen molar-refractivity contribution in [2.75, 3.05) is 19.7 Å². The molecule has 2 heterocycles. The molecule has 0 aromatic heterocycles. The molecular formula is C28H32N2O5. The minimum absolute atomic E-state index is 0.0382. The number of rotatable bonds is 8. The van der Waals surface area contributed by atoms with Gasteiger partial charge in [-0.05, 0) is 53.9 Å². The fourth-order valence-corrected chi connectivity index (χ4v) is 6.30. The van der Waals surface area contributed by atoms with Gasteiger partial charge in [0, 0.05) is 19.0 Å². The van der Waals surface area contributed by atoms with Crippen molar-refractivity contribution in [3.05, 3.63) is 59.7 Å². The summed E-state index contributed by atoms with van der Waals surface area (Å²) in [4.78, 5) is 39.8. The molecule has 4 aliphatic rings. The van der Waals surface area contributed by atoms with E-state index in [4.69, 9.17) is 4.74 Å². The van der Waals surface area contributed by atoms with Crippen LogP contribution in [0.1, 0.15) is 56.6 Å². The molecule has 0 atom stereocenters.